The molecule has 6 heteroatoms. The van der Waals surface area contributed by atoms with Gasteiger partial charge in [-0.1, -0.05) is 186 Å². The summed E-state index contributed by atoms with van der Waals surface area (Å²) in [7, 11) is 0. The number of esters is 1. The van der Waals surface area contributed by atoms with Gasteiger partial charge >= 0.3 is 11.9 Å². The molecule has 1 amide bonds. The molecule has 0 rings (SSSR count). The molecule has 0 aromatic heterocycles. The van der Waals surface area contributed by atoms with E-state index in [1.165, 1.54) is 135 Å². The van der Waals surface area contributed by atoms with Crippen molar-refractivity contribution >= 4 is 17.8 Å². The Kier molecular flexibility index (Phi) is 40.0. The number of ether oxygens (including phenoxy) is 1. The van der Waals surface area contributed by atoms with Gasteiger partial charge in [0.05, 0.1) is 0 Å². The van der Waals surface area contributed by atoms with Crippen LogP contribution in [0.4, 0.5) is 0 Å². The third kappa shape index (κ3) is 40.7. The first kappa shape index (κ1) is 49.9. The average molecular weight is 732 g/mol. The third-order valence-electron chi connectivity index (χ3n) is 10.1. The van der Waals surface area contributed by atoms with Gasteiger partial charge in [-0.15, -0.1) is 0 Å². The number of carboxylic acids is 1. The normalized spacial score (nSPS) is 12.2. The summed E-state index contributed by atoms with van der Waals surface area (Å²) in [6.45, 7) is 4.21. The minimum atomic E-state index is -1.02. The molecule has 0 radical (unpaired) electrons. The number of unbranched alkanes of at least 4 members (excludes halogenated alkanes) is 26. The van der Waals surface area contributed by atoms with Crippen molar-refractivity contribution < 1.29 is 24.2 Å². The molecule has 0 saturated heterocycles. The minimum Gasteiger partial charge on any atom is -0.480 e. The van der Waals surface area contributed by atoms with Gasteiger partial charge in [-0.2, -0.15) is 0 Å². The molecule has 0 aliphatic rings. The molecule has 1 atom stereocenters. The Morgan fingerprint density at radius 1 is 0.500 bits per heavy atom. The fourth-order valence-corrected chi connectivity index (χ4v) is 6.79. The molecule has 2 N–H and O–H groups in total. The van der Waals surface area contributed by atoms with Crippen molar-refractivity contribution in [3.63, 3.8) is 0 Å². The summed E-state index contributed by atoms with van der Waals surface area (Å²) in [6, 6.07) is 0. The molecule has 0 aromatic carbocycles. The fraction of sp³-hybridized carbons (Fsp3) is 0.848. The van der Waals surface area contributed by atoms with Crippen LogP contribution in [0, 0.1) is 0 Å². The molecule has 0 aliphatic carbocycles. The fourth-order valence-electron chi connectivity index (χ4n) is 6.79. The quantitative estimate of drug-likeness (QED) is 0.0371. The number of carbonyl (C=O) groups is 3. The summed E-state index contributed by atoms with van der Waals surface area (Å²) in [4.78, 5) is 35.0. The summed E-state index contributed by atoms with van der Waals surface area (Å²) in [5.41, 5.74) is 0. The number of carboxylic acid groups (broad SMARTS) is 1. The van der Waals surface area contributed by atoms with E-state index in [2.05, 4.69) is 43.5 Å². The molecule has 0 aromatic rings. The molecule has 0 spiro atoms. The summed E-state index contributed by atoms with van der Waals surface area (Å²) in [6.07, 6.45) is 50.3. The predicted molar refractivity (Wildman–Crippen MR) is 222 cm³/mol. The van der Waals surface area contributed by atoms with Crippen molar-refractivity contribution in [3.8, 4) is 0 Å². The lowest BCUT2D eigenvalue weighted by Gasteiger charge is -2.18. The maximum atomic E-state index is 12.8. The van der Waals surface area contributed by atoms with E-state index >= 15 is 0 Å². The second-order valence-corrected chi connectivity index (χ2v) is 15.3. The second-order valence-electron chi connectivity index (χ2n) is 15.3. The Morgan fingerprint density at radius 3 is 1.40 bits per heavy atom. The summed E-state index contributed by atoms with van der Waals surface area (Å²) < 4.78 is 6.01. The van der Waals surface area contributed by atoms with Crippen LogP contribution < -0.4 is 5.32 Å². The number of nitrogens with one attached hydrogen (secondary N) is 1. The SMILES string of the molecule is CCCCC/C=C\C/C=C\CCCC(CCCCCCCC(=O)NCC(=O)O)OC(=O)CCCCCCCCCCCCCCCCCCCCC. The van der Waals surface area contributed by atoms with E-state index in [9.17, 15) is 14.4 Å². The van der Waals surface area contributed by atoms with Gasteiger partial charge in [0.2, 0.25) is 5.91 Å². The zero-order valence-electron chi connectivity index (χ0n) is 34.4. The molecule has 304 valence electrons. The standard InChI is InChI=1S/C46H85NO5/c1-3-5-7-9-11-13-15-16-17-18-19-20-21-22-24-26-28-33-37-41-46(51)52-43(38-34-30-27-25-23-14-12-10-8-6-4-2)39-35-31-29-32-36-40-44(48)47-42-45(49)50/h12,14,25,27,43H,3-11,13,15-24,26,28-42H2,1-2H3,(H,47,48)(H,49,50)/b14-12-,27-25-. The first-order valence-corrected chi connectivity index (χ1v) is 22.5. The zero-order valence-corrected chi connectivity index (χ0v) is 34.4. The van der Waals surface area contributed by atoms with Crippen LogP contribution in [0.3, 0.4) is 0 Å². The molecule has 6 nitrogen and oxygen atoms in total. The Hall–Kier alpha value is -2.11. The van der Waals surface area contributed by atoms with Gasteiger partial charge in [0.1, 0.15) is 12.6 Å². The highest BCUT2D eigenvalue weighted by Gasteiger charge is 2.14. The monoisotopic (exact) mass is 732 g/mol. The molecule has 0 heterocycles. The molecule has 0 bridgehead atoms. The van der Waals surface area contributed by atoms with Crippen LogP contribution in [0.15, 0.2) is 24.3 Å². The molecular weight excluding hydrogens is 647 g/mol. The third-order valence-corrected chi connectivity index (χ3v) is 10.1. The van der Waals surface area contributed by atoms with Crippen molar-refractivity contribution in [3.05, 3.63) is 24.3 Å². The van der Waals surface area contributed by atoms with Gasteiger partial charge in [0.25, 0.3) is 0 Å². The van der Waals surface area contributed by atoms with Crippen molar-refractivity contribution in [2.45, 2.75) is 245 Å². The number of allylic oxidation sites excluding steroid dienone is 4. The number of rotatable bonds is 41. The van der Waals surface area contributed by atoms with E-state index < -0.39 is 5.97 Å². The van der Waals surface area contributed by atoms with Crippen LogP contribution in [0.1, 0.15) is 239 Å². The molecular formula is C46H85NO5. The predicted octanol–water partition coefficient (Wildman–Crippen LogP) is 13.9. The summed E-state index contributed by atoms with van der Waals surface area (Å²) >= 11 is 0. The lowest BCUT2D eigenvalue weighted by molar-refractivity contribution is -0.150. The van der Waals surface area contributed by atoms with Crippen molar-refractivity contribution in [1.29, 1.82) is 0 Å². The largest absolute Gasteiger partial charge is 0.480 e. The van der Waals surface area contributed by atoms with E-state index in [-0.39, 0.29) is 24.5 Å². The van der Waals surface area contributed by atoms with Crippen molar-refractivity contribution in [2.24, 2.45) is 0 Å². The molecule has 52 heavy (non-hydrogen) atoms. The highest BCUT2D eigenvalue weighted by molar-refractivity contribution is 5.80. The van der Waals surface area contributed by atoms with Gasteiger partial charge in [-0.25, -0.2) is 0 Å². The van der Waals surface area contributed by atoms with Gasteiger partial charge in [-0.3, -0.25) is 14.4 Å². The summed E-state index contributed by atoms with van der Waals surface area (Å²) in [5, 5.41) is 11.1. The van der Waals surface area contributed by atoms with Crippen LogP contribution in [-0.2, 0) is 19.1 Å². The number of hydrogen-bond acceptors (Lipinski definition) is 4. The lowest BCUT2D eigenvalue weighted by atomic mass is 10.0. The number of aliphatic carboxylic acids is 1. The Morgan fingerprint density at radius 2 is 0.904 bits per heavy atom. The van der Waals surface area contributed by atoms with E-state index in [1.807, 2.05) is 0 Å². The molecule has 1 unspecified atom stereocenters. The van der Waals surface area contributed by atoms with Crippen LogP contribution in [-0.4, -0.2) is 35.6 Å². The zero-order chi connectivity index (χ0) is 38.0. The lowest BCUT2D eigenvalue weighted by Crippen LogP contribution is -2.28. The van der Waals surface area contributed by atoms with Gasteiger partial charge < -0.3 is 15.2 Å². The second kappa shape index (κ2) is 41.6. The van der Waals surface area contributed by atoms with Crippen LogP contribution in [0.25, 0.3) is 0 Å². The maximum Gasteiger partial charge on any atom is 0.322 e. The van der Waals surface area contributed by atoms with Gasteiger partial charge in [-0.05, 0) is 64.2 Å². The number of amides is 1. The summed E-state index contributed by atoms with van der Waals surface area (Å²) in [5.74, 6) is -1.25. The Balaban J connectivity index is 4.09. The van der Waals surface area contributed by atoms with E-state index in [1.54, 1.807) is 0 Å². The smallest absolute Gasteiger partial charge is 0.322 e. The first-order valence-electron chi connectivity index (χ1n) is 22.5. The van der Waals surface area contributed by atoms with Gasteiger partial charge in [0, 0.05) is 12.8 Å². The van der Waals surface area contributed by atoms with E-state index in [4.69, 9.17) is 9.84 Å². The average Bonchev–Trinajstić information content (AvgIpc) is 3.13. The van der Waals surface area contributed by atoms with Crippen LogP contribution >= 0.6 is 0 Å². The molecule has 0 saturated carbocycles. The number of hydrogen-bond donors (Lipinski definition) is 2. The van der Waals surface area contributed by atoms with Gasteiger partial charge in [0.15, 0.2) is 0 Å². The van der Waals surface area contributed by atoms with Crippen LogP contribution in [0.5, 0.6) is 0 Å². The highest BCUT2D eigenvalue weighted by atomic mass is 16.5. The topological polar surface area (TPSA) is 92.7 Å². The van der Waals surface area contributed by atoms with E-state index in [0.29, 0.717) is 12.8 Å². The maximum absolute atomic E-state index is 12.8. The van der Waals surface area contributed by atoms with Crippen LogP contribution in [0.2, 0.25) is 0 Å². The highest BCUT2D eigenvalue weighted by Crippen LogP contribution is 2.18. The first-order chi connectivity index (χ1) is 25.5. The Bertz CT molecular complexity index is 854. The minimum absolute atomic E-state index is 0.0125. The number of carbonyl (C=O) groups excluding carboxylic acids is 2. The molecule has 0 aliphatic heterocycles. The van der Waals surface area contributed by atoms with Crippen molar-refractivity contribution in [1.82, 2.24) is 5.32 Å². The van der Waals surface area contributed by atoms with E-state index in [0.717, 1.165) is 77.0 Å². The Labute approximate surface area is 322 Å². The van der Waals surface area contributed by atoms with Crippen molar-refractivity contribution in [2.75, 3.05) is 6.54 Å². The molecule has 0 fully saturated rings.